The molecule has 29 heavy (non-hydrogen) atoms. The molecule has 0 bridgehead atoms. The molecule has 2 N–H and O–H groups in total. The van der Waals surface area contributed by atoms with E-state index >= 15 is 0 Å². The van der Waals surface area contributed by atoms with Crippen LogP contribution in [-0.2, 0) is 6.54 Å². The Bertz CT molecular complexity index is 785. The molecule has 0 spiro atoms. The fourth-order valence-electron chi connectivity index (χ4n) is 3.38. The van der Waals surface area contributed by atoms with E-state index in [1.807, 2.05) is 36.4 Å². The van der Waals surface area contributed by atoms with Gasteiger partial charge in [-0.25, -0.2) is 4.99 Å². The second-order valence-corrected chi connectivity index (χ2v) is 7.44. The molecule has 158 valence electrons. The largest absolute Gasteiger partial charge is 0.497 e. The number of hydrogen-bond donors (Lipinski definition) is 2. The number of halogens is 2. The van der Waals surface area contributed by atoms with Crippen molar-refractivity contribution in [2.24, 2.45) is 10.9 Å². The zero-order chi connectivity index (χ0) is 19.8. The van der Waals surface area contributed by atoms with Crippen LogP contribution in [0.5, 0.6) is 5.75 Å². The molecule has 1 saturated heterocycles. The zero-order valence-electron chi connectivity index (χ0n) is 17.0. The molecule has 1 aliphatic rings. The van der Waals surface area contributed by atoms with E-state index in [-0.39, 0.29) is 24.0 Å². The molecule has 0 radical (unpaired) electrons. The fraction of sp³-hybridized carbons (Fsp3) is 0.409. The van der Waals surface area contributed by atoms with Gasteiger partial charge < -0.3 is 20.3 Å². The summed E-state index contributed by atoms with van der Waals surface area (Å²) in [7, 11) is 1.71. The van der Waals surface area contributed by atoms with Crippen LogP contribution in [0.15, 0.2) is 53.5 Å². The van der Waals surface area contributed by atoms with E-state index in [1.54, 1.807) is 7.11 Å². The Balaban J connectivity index is 0.00000300. The Kier molecular flexibility index (Phi) is 9.87. The molecule has 7 heteroatoms. The van der Waals surface area contributed by atoms with Crippen molar-refractivity contribution in [2.45, 2.75) is 19.9 Å². The van der Waals surface area contributed by atoms with Crippen molar-refractivity contribution in [3.63, 3.8) is 0 Å². The number of benzene rings is 2. The maximum atomic E-state index is 5.95. The van der Waals surface area contributed by atoms with E-state index in [4.69, 9.17) is 21.3 Å². The zero-order valence-corrected chi connectivity index (χ0v) is 20.1. The summed E-state index contributed by atoms with van der Waals surface area (Å²) in [6, 6.07) is 16.1. The van der Waals surface area contributed by atoms with Gasteiger partial charge in [0.05, 0.1) is 13.7 Å². The minimum Gasteiger partial charge on any atom is -0.497 e. The molecular formula is C22H30ClIN4O. The normalized spacial score (nSPS) is 16.3. The number of methoxy groups -OCH3 is 1. The number of aliphatic imine (C=N–C) groups is 1. The molecule has 2 aromatic carbocycles. The third-order valence-corrected chi connectivity index (χ3v) is 5.19. The van der Waals surface area contributed by atoms with Crippen molar-refractivity contribution in [1.82, 2.24) is 10.6 Å². The van der Waals surface area contributed by atoms with Crippen molar-refractivity contribution in [2.75, 3.05) is 38.2 Å². The Morgan fingerprint density at radius 2 is 2.00 bits per heavy atom. The molecule has 3 rings (SSSR count). The summed E-state index contributed by atoms with van der Waals surface area (Å²) in [5.74, 6) is 2.35. The van der Waals surface area contributed by atoms with Crippen LogP contribution in [0.25, 0.3) is 0 Å². The van der Waals surface area contributed by atoms with E-state index in [0.717, 1.165) is 48.5 Å². The molecule has 1 aliphatic heterocycles. The second-order valence-electron chi connectivity index (χ2n) is 7.00. The van der Waals surface area contributed by atoms with Crippen LogP contribution in [0, 0.1) is 5.92 Å². The van der Waals surface area contributed by atoms with Gasteiger partial charge in [0.1, 0.15) is 5.75 Å². The highest BCUT2D eigenvalue weighted by Crippen LogP contribution is 2.26. The number of ether oxygens (including phenoxy) is 1. The molecule has 5 nitrogen and oxygen atoms in total. The summed E-state index contributed by atoms with van der Waals surface area (Å²) in [4.78, 5) is 7.12. The monoisotopic (exact) mass is 528 g/mol. The highest BCUT2D eigenvalue weighted by Gasteiger charge is 2.23. The molecule has 1 atom stereocenters. The summed E-state index contributed by atoms with van der Waals surface area (Å²) in [6.07, 6.45) is 1.17. The fourth-order valence-corrected chi connectivity index (χ4v) is 3.51. The van der Waals surface area contributed by atoms with E-state index in [1.165, 1.54) is 12.1 Å². The topological polar surface area (TPSA) is 48.9 Å². The van der Waals surface area contributed by atoms with Crippen LogP contribution in [0.2, 0.25) is 5.02 Å². The number of rotatable bonds is 7. The third kappa shape index (κ3) is 7.26. The van der Waals surface area contributed by atoms with Gasteiger partial charge in [-0.1, -0.05) is 29.8 Å². The molecule has 2 aromatic rings. The van der Waals surface area contributed by atoms with Gasteiger partial charge in [0, 0.05) is 43.0 Å². The lowest BCUT2D eigenvalue weighted by Gasteiger charge is -2.20. The van der Waals surface area contributed by atoms with Gasteiger partial charge in [0.25, 0.3) is 0 Å². The minimum atomic E-state index is 0. The van der Waals surface area contributed by atoms with Crippen LogP contribution >= 0.6 is 35.6 Å². The summed E-state index contributed by atoms with van der Waals surface area (Å²) in [5.41, 5.74) is 2.37. The van der Waals surface area contributed by atoms with E-state index in [9.17, 15) is 0 Å². The molecule has 0 aromatic heterocycles. The number of hydrogen-bond acceptors (Lipinski definition) is 3. The average Bonchev–Trinajstić information content (AvgIpc) is 3.20. The van der Waals surface area contributed by atoms with Gasteiger partial charge in [0.2, 0.25) is 0 Å². The predicted molar refractivity (Wildman–Crippen MR) is 133 cm³/mol. The van der Waals surface area contributed by atoms with Crippen LogP contribution in [0.3, 0.4) is 0 Å². The Hall–Kier alpha value is -1.67. The molecule has 0 saturated carbocycles. The third-order valence-electron chi connectivity index (χ3n) is 4.94. The van der Waals surface area contributed by atoms with Crippen LogP contribution in [-0.4, -0.2) is 39.2 Å². The van der Waals surface area contributed by atoms with E-state index < -0.39 is 0 Å². The maximum Gasteiger partial charge on any atom is 0.191 e. The first-order valence-electron chi connectivity index (χ1n) is 9.83. The maximum absolute atomic E-state index is 5.95. The van der Waals surface area contributed by atoms with Crippen molar-refractivity contribution in [3.8, 4) is 5.75 Å². The van der Waals surface area contributed by atoms with Gasteiger partial charge >= 0.3 is 0 Å². The Morgan fingerprint density at radius 3 is 2.72 bits per heavy atom. The van der Waals surface area contributed by atoms with Crippen molar-refractivity contribution < 1.29 is 4.74 Å². The quantitative estimate of drug-likeness (QED) is 0.315. The van der Waals surface area contributed by atoms with Gasteiger partial charge in [-0.3, -0.25) is 0 Å². The Morgan fingerprint density at radius 1 is 1.21 bits per heavy atom. The average molecular weight is 529 g/mol. The molecule has 0 aliphatic carbocycles. The van der Waals surface area contributed by atoms with Crippen molar-refractivity contribution in [1.29, 1.82) is 0 Å². The first-order chi connectivity index (χ1) is 13.7. The highest BCUT2D eigenvalue weighted by molar-refractivity contribution is 14.0. The lowest BCUT2D eigenvalue weighted by Crippen LogP contribution is -2.40. The SMILES string of the molecule is CCNC(=NCc1ccc(Cl)cc1)NCC1CCN(c2cccc(OC)c2)C1.I. The van der Waals surface area contributed by atoms with Gasteiger partial charge in [-0.15, -0.1) is 24.0 Å². The van der Waals surface area contributed by atoms with Crippen molar-refractivity contribution in [3.05, 3.63) is 59.1 Å². The minimum absolute atomic E-state index is 0. The summed E-state index contributed by atoms with van der Waals surface area (Å²) >= 11 is 5.95. The summed E-state index contributed by atoms with van der Waals surface area (Å²) in [5, 5.41) is 7.58. The standard InChI is InChI=1S/C22H29ClN4O.HI/c1-3-24-22(25-14-17-7-9-19(23)10-8-17)26-15-18-11-12-27(16-18)20-5-4-6-21(13-20)28-2;/h4-10,13,18H,3,11-12,14-16H2,1-2H3,(H2,24,25,26);1H. The Labute approximate surface area is 195 Å². The lowest BCUT2D eigenvalue weighted by atomic mass is 10.1. The smallest absolute Gasteiger partial charge is 0.191 e. The molecule has 1 unspecified atom stereocenters. The van der Waals surface area contributed by atoms with Crippen LogP contribution in [0.4, 0.5) is 5.69 Å². The first kappa shape index (κ1) is 23.6. The number of nitrogens with zero attached hydrogens (tertiary/aromatic N) is 2. The predicted octanol–water partition coefficient (Wildman–Crippen LogP) is 4.55. The highest BCUT2D eigenvalue weighted by atomic mass is 127. The second kappa shape index (κ2) is 12.1. The van der Waals surface area contributed by atoms with E-state index in [0.29, 0.717) is 12.5 Å². The van der Waals surface area contributed by atoms with Crippen LogP contribution in [0.1, 0.15) is 18.9 Å². The molecular weight excluding hydrogens is 499 g/mol. The number of anilines is 1. The molecule has 1 heterocycles. The van der Waals surface area contributed by atoms with Crippen LogP contribution < -0.4 is 20.3 Å². The lowest BCUT2D eigenvalue weighted by molar-refractivity contribution is 0.415. The first-order valence-corrected chi connectivity index (χ1v) is 10.2. The number of guanidine groups is 1. The number of nitrogens with one attached hydrogen (secondary N) is 2. The van der Waals surface area contributed by atoms with Crippen molar-refractivity contribution >= 4 is 47.2 Å². The van der Waals surface area contributed by atoms with E-state index in [2.05, 4.69) is 34.6 Å². The summed E-state index contributed by atoms with van der Waals surface area (Å²) < 4.78 is 5.35. The van der Waals surface area contributed by atoms with Gasteiger partial charge in [-0.2, -0.15) is 0 Å². The summed E-state index contributed by atoms with van der Waals surface area (Å²) in [6.45, 7) is 6.57. The van der Waals surface area contributed by atoms with Gasteiger partial charge in [0.15, 0.2) is 5.96 Å². The molecule has 0 amide bonds. The van der Waals surface area contributed by atoms with Gasteiger partial charge in [-0.05, 0) is 49.1 Å². The molecule has 1 fully saturated rings.